The normalized spacial score (nSPS) is 10.9. The Hall–Kier alpha value is -2.18. The van der Waals surface area contributed by atoms with Gasteiger partial charge in [-0.25, -0.2) is 13.9 Å². The number of ether oxygens (including phenoxy) is 1. The second kappa shape index (κ2) is 6.14. The zero-order valence-electron chi connectivity index (χ0n) is 12.2. The van der Waals surface area contributed by atoms with Crippen LogP contribution in [-0.2, 0) is 4.74 Å². The van der Waals surface area contributed by atoms with Crippen LogP contribution < -0.4 is 0 Å². The van der Waals surface area contributed by atoms with E-state index in [9.17, 15) is 9.18 Å². The summed E-state index contributed by atoms with van der Waals surface area (Å²) in [6, 6.07) is 7.74. The molecule has 0 aliphatic heterocycles. The Morgan fingerprint density at radius 2 is 2.13 bits per heavy atom. The summed E-state index contributed by atoms with van der Waals surface area (Å²) in [5, 5.41) is 5.56. The zero-order valence-corrected chi connectivity index (χ0v) is 13.7. The monoisotopic (exact) mass is 350 g/mol. The molecule has 0 saturated carbocycles. The van der Waals surface area contributed by atoms with Crippen LogP contribution in [0.3, 0.4) is 0 Å². The van der Waals surface area contributed by atoms with Crippen LogP contribution in [0, 0.1) is 12.7 Å². The van der Waals surface area contributed by atoms with Crippen molar-refractivity contribution in [3.05, 3.63) is 58.3 Å². The van der Waals surface area contributed by atoms with Crippen molar-refractivity contribution in [2.45, 2.75) is 6.92 Å². The zero-order chi connectivity index (χ0) is 16.6. The van der Waals surface area contributed by atoms with E-state index in [1.807, 2.05) is 6.92 Å². The number of hydrogen-bond acceptors (Lipinski definition) is 4. The first-order valence-electron chi connectivity index (χ1n) is 6.71. The molecule has 0 spiro atoms. The molecule has 0 aliphatic rings. The van der Waals surface area contributed by atoms with Crippen molar-refractivity contribution in [1.29, 1.82) is 0 Å². The van der Waals surface area contributed by atoms with Gasteiger partial charge in [-0.1, -0.05) is 18.2 Å². The van der Waals surface area contributed by atoms with Crippen LogP contribution in [0.15, 0.2) is 41.9 Å². The maximum absolute atomic E-state index is 13.1. The van der Waals surface area contributed by atoms with Gasteiger partial charge in [0, 0.05) is 10.4 Å². The van der Waals surface area contributed by atoms with E-state index in [0.29, 0.717) is 4.88 Å². The van der Waals surface area contributed by atoms with E-state index in [1.165, 1.54) is 23.5 Å². The van der Waals surface area contributed by atoms with Gasteiger partial charge in [-0.3, -0.25) is 0 Å². The van der Waals surface area contributed by atoms with Crippen LogP contribution in [0.25, 0.3) is 15.9 Å². The molecule has 23 heavy (non-hydrogen) atoms. The number of aryl methyl sites for hydroxylation is 1. The summed E-state index contributed by atoms with van der Waals surface area (Å²) < 4.78 is 19.8. The number of carbonyl (C=O) groups is 1. The number of nitrogens with zero attached hydrogens (tertiary/aromatic N) is 2. The Balaban J connectivity index is 2.00. The summed E-state index contributed by atoms with van der Waals surface area (Å²) in [5.41, 5.74) is 1.50. The molecule has 3 aromatic rings. The summed E-state index contributed by atoms with van der Waals surface area (Å²) in [4.78, 5) is 13.3. The van der Waals surface area contributed by atoms with Gasteiger partial charge < -0.3 is 4.74 Å². The van der Waals surface area contributed by atoms with Crippen LogP contribution in [0.4, 0.5) is 4.39 Å². The third-order valence-electron chi connectivity index (χ3n) is 3.18. The van der Waals surface area contributed by atoms with Crippen molar-refractivity contribution >= 4 is 39.1 Å². The van der Waals surface area contributed by atoms with Gasteiger partial charge in [-0.15, -0.1) is 11.3 Å². The van der Waals surface area contributed by atoms with Crippen LogP contribution in [-0.4, -0.2) is 22.4 Å². The summed E-state index contributed by atoms with van der Waals surface area (Å²) >= 11 is 6.86. The summed E-state index contributed by atoms with van der Waals surface area (Å²) in [7, 11) is 0. The number of fused-ring (bicyclic) bond motifs is 1. The first-order valence-corrected chi connectivity index (χ1v) is 7.90. The molecular formula is C16H12ClFN2O2S. The van der Waals surface area contributed by atoms with E-state index in [0.717, 1.165) is 21.6 Å². The molecule has 4 nitrogen and oxygen atoms in total. The molecule has 2 heterocycles. The average molecular weight is 351 g/mol. The molecule has 0 saturated heterocycles. The number of aromatic nitrogens is 2. The molecule has 0 atom stereocenters. The minimum atomic E-state index is -0.460. The molecule has 0 unspecified atom stereocenters. The molecule has 0 aliphatic carbocycles. The fourth-order valence-corrected chi connectivity index (χ4v) is 3.25. The van der Waals surface area contributed by atoms with Crippen LogP contribution in [0.2, 0.25) is 0 Å². The van der Waals surface area contributed by atoms with Crippen molar-refractivity contribution in [3.8, 4) is 5.69 Å². The molecule has 0 N–H and O–H groups in total. The SMILES string of the molecule is C=C(Cl)COC(=O)c1cc2c(C)nn(-c3ccc(F)cc3)c2s1. The Morgan fingerprint density at radius 3 is 2.78 bits per heavy atom. The van der Waals surface area contributed by atoms with E-state index in [-0.39, 0.29) is 17.5 Å². The number of carbonyl (C=O) groups excluding carboxylic acids is 1. The maximum atomic E-state index is 13.1. The molecule has 0 radical (unpaired) electrons. The van der Waals surface area contributed by atoms with Gasteiger partial charge in [0.25, 0.3) is 0 Å². The molecule has 0 bridgehead atoms. The molecule has 0 fully saturated rings. The van der Waals surface area contributed by atoms with Gasteiger partial charge >= 0.3 is 5.97 Å². The second-order valence-electron chi connectivity index (χ2n) is 4.90. The molecule has 3 rings (SSSR count). The molecular weight excluding hydrogens is 339 g/mol. The molecule has 1 aromatic carbocycles. The molecule has 2 aromatic heterocycles. The summed E-state index contributed by atoms with van der Waals surface area (Å²) in [6.07, 6.45) is 0. The first-order chi connectivity index (χ1) is 11.0. The summed E-state index contributed by atoms with van der Waals surface area (Å²) in [6.45, 7) is 5.30. The van der Waals surface area contributed by atoms with Crippen LogP contribution in [0.1, 0.15) is 15.4 Å². The lowest BCUT2D eigenvalue weighted by Crippen LogP contribution is -2.04. The quantitative estimate of drug-likeness (QED) is 0.653. The highest BCUT2D eigenvalue weighted by Crippen LogP contribution is 2.30. The smallest absolute Gasteiger partial charge is 0.348 e. The standard InChI is InChI=1S/C16H12ClFN2O2S/c1-9(17)8-22-16(21)14-7-13-10(2)19-20(15(13)23-14)12-5-3-11(18)4-6-12/h3-7H,1,8H2,2H3. The van der Waals surface area contributed by atoms with Gasteiger partial charge in [0.05, 0.1) is 11.4 Å². The number of benzene rings is 1. The minimum Gasteiger partial charge on any atom is -0.456 e. The third kappa shape index (κ3) is 3.13. The number of hydrogen-bond donors (Lipinski definition) is 0. The fourth-order valence-electron chi connectivity index (χ4n) is 2.12. The fraction of sp³-hybridized carbons (Fsp3) is 0.125. The summed E-state index contributed by atoms with van der Waals surface area (Å²) in [5.74, 6) is -0.774. The van der Waals surface area contributed by atoms with E-state index in [4.69, 9.17) is 16.3 Å². The largest absolute Gasteiger partial charge is 0.456 e. The van der Waals surface area contributed by atoms with Gasteiger partial charge in [-0.2, -0.15) is 5.10 Å². The van der Waals surface area contributed by atoms with E-state index in [1.54, 1.807) is 22.9 Å². The topological polar surface area (TPSA) is 44.1 Å². The van der Waals surface area contributed by atoms with E-state index in [2.05, 4.69) is 11.7 Å². The van der Waals surface area contributed by atoms with Crippen molar-refractivity contribution in [2.75, 3.05) is 6.61 Å². The first kappa shape index (κ1) is 15.7. The highest BCUT2D eigenvalue weighted by atomic mass is 35.5. The third-order valence-corrected chi connectivity index (χ3v) is 4.38. The van der Waals surface area contributed by atoms with E-state index >= 15 is 0 Å². The van der Waals surface area contributed by atoms with Crippen molar-refractivity contribution in [3.63, 3.8) is 0 Å². The van der Waals surface area contributed by atoms with E-state index < -0.39 is 5.97 Å². The Kier molecular flexibility index (Phi) is 4.19. The maximum Gasteiger partial charge on any atom is 0.348 e. The number of halogens is 2. The lowest BCUT2D eigenvalue weighted by atomic mass is 10.3. The second-order valence-corrected chi connectivity index (χ2v) is 6.46. The highest BCUT2D eigenvalue weighted by molar-refractivity contribution is 7.20. The number of esters is 1. The lowest BCUT2D eigenvalue weighted by molar-refractivity contribution is 0.0552. The molecule has 118 valence electrons. The van der Waals surface area contributed by atoms with Gasteiger partial charge in [-0.05, 0) is 37.3 Å². The molecule has 0 amide bonds. The Labute approximate surface area is 140 Å². The van der Waals surface area contributed by atoms with Gasteiger partial charge in [0.1, 0.15) is 22.1 Å². The predicted molar refractivity (Wildman–Crippen MR) is 88.9 cm³/mol. The number of thiophene rings is 1. The Morgan fingerprint density at radius 1 is 1.43 bits per heavy atom. The number of rotatable bonds is 4. The van der Waals surface area contributed by atoms with Crippen molar-refractivity contribution in [1.82, 2.24) is 9.78 Å². The van der Waals surface area contributed by atoms with Crippen LogP contribution >= 0.6 is 22.9 Å². The average Bonchev–Trinajstić information content (AvgIpc) is 3.07. The van der Waals surface area contributed by atoms with Gasteiger partial charge in [0.2, 0.25) is 0 Å². The predicted octanol–water partition coefficient (Wildman–Crippen LogP) is 4.44. The Bertz CT molecular complexity index is 899. The van der Waals surface area contributed by atoms with Crippen molar-refractivity contribution in [2.24, 2.45) is 0 Å². The van der Waals surface area contributed by atoms with Crippen molar-refractivity contribution < 1.29 is 13.9 Å². The highest BCUT2D eigenvalue weighted by Gasteiger charge is 2.18. The minimum absolute atomic E-state index is 0.0301. The van der Waals surface area contributed by atoms with Gasteiger partial charge in [0.15, 0.2) is 0 Å². The molecule has 7 heteroatoms. The lowest BCUT2D eigenvalue weighted by Gasteiger charge is -2.02. The van der Waals surface area contributed by atoms with Crippen LogP contribution in [0.5, 0.6) is 0 Å².